The van der Waals surface area contributed by atoms with Gasteiger partial charge in [0.25, 0.3) is 0 Å². The third-order valence-corrected chi connectivity index (χ3v) is 4.24. The Balaban J connectivity index is 1.38. The van der Waals surface area contributed by atoms with E-state index in [2.05, 4.69) is 15.3 Å². The molecule has 2 aromatic heterocycles. The number of hydrogen-bond acceptors (Lipinski definition) is 4. The maximum Gasteiger partial charge on any atom is 0.228 e. The average molecular weight is 370 g/mol. The second kappa shape index (κ2) is 7.75. The lowest BCUT2D eigenvalue weighted by molar-refractivity contribution is -0.115. The van der Waals surface area contributed by atoms with Gasteiger partial charge < -0.3 is 15.0 Å². The third-order valence-electron chi connectivity index (χ3n) is 4.24. The number of anilines is 1. The smallest absolute Gasteiger partial charge is 0.228 e. The lowest BCUT2D eigenvalue weighted by Gasteiger charge is -2.07. The predicted octanol–water partition coefficient (Wildman–Crippen LogP) is 3.82. The fraction of sp³-hybridized carbons (Fsp3) is 0.0455. The number of nitrogens with one attached hydrogen (secondary N) is 1. The van der Waals surface area contributed by atoms with Crippen LogP contribution in [-0.2, 0) is 11.2 Å². The minimum Gasteiger partial charge on any atom is -0.508 e. The van der Waals surface area contributed by atoms with Crippen molar-refractivity contribution in [2.75, 3.05) is 5.32 Å². The predicted molar refractivity (Wildman–Crippen MR) is 107 cm³/mol. The quantitative estimate of drug-likeness (QED) is 0.560. The molecule has 6 nitrogen and oxygen atoms in total. The molecule has 6 heteroatoms. The van der Waals surface area contributed by atoms with Gasteiger partial charge in [0.2, 0.25) is 5.91 Å². The summed E-state index contributed by atoms with van der Waals surface area (Å²) in [4.78, 5) is 20.8. The Morgan fingerprint density at radius 1 is 0.964 bits per heavy atom. The summed E-state index contributed by atoms with van der Waals surface area (Å²) in [6, 6.07) is 18.5. The third kappa shape index (κ3) is 4.07. The number of carbonyl (C=O) groups is 1. The fourth-order valence-electron chi connectivity index (χ4n) is 2.87. The zero-order valence-electron chi connectivity index (χ0n) is 15.0. The Morgan fingerprint density at radius 2 is 1.68 bits per heavy atom. The van der Waals surface area contributed by atoms with Gasteiger partial charge in [-0.3, -0.25) is 4.79 Å². The topological polar surface area (TPSA) is 80.0 Å². The second-order valence-electron chi connectivity index (χ2n) is 6.33. The van der Waals surface area contributed by atoms with Crippen LogP contribution < -0.4 is 5.32 Å². The van der Waals surface area contributed by atoms with Crippen molar-refractivity contribution >= 4 is 11.6 Å². The van der Waals surface area contributed by atoms with Crippen LogP contribution in [0.25, 0.3) is 17.1 Å². The van der Waals surface area contributed by atoms with E-state index in [1.54, 1.807) is 30.6 Å². The molecule has 0 atom stereocenters. The molecule has 0 spiro atoms. The molecule has 138 valence electrons. The van der Waals surface area contributed by atoms with E-state index in [1.165, 1.54) is 0 Å². The number of phenols is 1. The largest absolute Gasteiger partial charge is 0.508 e. The summed E-state index contributed by atoms with van der Waals surface area (Å²) in [6.07, 6.45) is 7.32. The number of hydrogen-bond donors (Lipinski definition) is 2. The van der Waals surface area contributed by atoms with Crippen LogP contribution in [0.5, 0.6) is 5.75 Å². The van der Waals surface area contributed by atoms with Gasteiger partial charge in [0.1, 0.15) is 5.75 Å². The highest BCUT2D eigenvalue weighted by molar-refractivity contribution is 5.92. The van der Waals surface area contributed by atoms with Crippen molar-refractivity contribution in [3.05, 3.63) is 91.0 Å². The van der Waals surface area contributed by atoms with Crippen molar-refractivity contribution in [3.63, 3.8) is 0 Å². The summed E-state index contributed by atoms with van der Waals surface area (Å²) in [5, 5.41) is 12.3. The minimum absolute atomic E-state index is 0.137. The Bertz CT molecular complexity index is 1070. The first kappa shape index (κ1) is 17.5. The Kier molecular flexibility index (Phi) is 4.84. The average Bonchev–Trinajstić information content (AvgIpc) is 3.24. The van der Waals surface area contributed by atoms with Crippen molar-refractivity contribution in [2.45, 2.75) is 6.42 Å². The molecule has 4 rings (SSSR count). The van der Waals surface area contributed by atoms with Crippen LogP contribution in [0.1, 0.15) is 5.56 Å². The molecule has 0 fully saturated rings. The second-order valence-corrected chi connectivity index (χ2v) is 6.33. The summed E-state index contributed by atoms with van der Waals surface area (Å²) >= 11 is 0. The molecule has 0 radical (unpaired) electrons. The molecule has 1 amide bonds. The first-order valence-corrected chi connectivity index (χ1v) is 8.81. The molecule has 28 heavy (non-hydrogen) atoms. The van der Waals surface area contributed by atoms with E-state index in [1.807, 2.05) is 59.4 Å². The first-order valence-electron chi connectivity index (χ1n) is 8.81. The van der Waals surface area contributed by atoms with Crippen LogP contribution in [0, 0.1) is 0 Å². The lowest BCUT2D eigenvalue weighted by atomic mass is 10.1. The molecule has 0 aliphatic heterocycles. The van der Waals surface area contributed by atoms with Crippen molar-refractivity contribution < 1.29 is 9.90 Å². The summed E-state index contributed by atoms with van der Waals surface area (Å²) in [6.45, 7) is 0. The van der Waals surface area contributed by atoms with E-state index in [0.717, 1.165) is 11.3 Å². The van der Waals surface area contributed by atoms with Gasteiger partial charge in [-0.1, -0.05) is 24.3 Å². The van der Waals surface area contributed by atoms with E-state index in [4.69, 9.17) is 0 Å². The number of amides is 1. The van der Waals surface area contributed by atoms with Gasteiger partial charge in [-0.2, -0.15) is 0 Å². The zero-order chi connectivity index (χ0) is 19.3. The lowest BCUT2D eigenvalue weighted by Crippen LogP contribution is -2.14. The van der Waals surface area contributed by atoms with E-state index in [9.17, 15) is 9.90 Å². The summed E-state index contributed by atoms with van der Waals surface area (Å²) in [5.74, 6) is 0.498. The molecule has 0 bridgehead atoms. The van der Waals surface area contributed by atoms with Gasteiger partial charge in [0.05, 0.1) is 24.5 Å². The Morgan fingerprint density at radius 3 is 2.36 bits per heavy atom. The van der Waals surface area contributed by atoms with Crippen molar-refractivity contribution in [3.8, 4) is 22.8 Å². The summed E-state index contributed by atoms with van der Waals surface area (Å²) in [7, 11) is 0. The molecule has 4 aromatic rings. The van der Waals surface area contributed by atoms with E-state index in [0.29, 0.717) is 17.1 Å². The number of aromatic hydroxyl groups is 1. The molecule has 0 saturated heterocycles. The highest BCUT2D eigenvalue weighted by Gasteiger charge is 2.07. The normalized spacial score (nSPS) is 10.6. The van der Waals surface area contributed by atoms with Gasteiger partial charge in [0.15, 0.2) is 5.82 Å². The molecule has 0 saturated carbocycles. The molecule has 2 heterocycles. The van der Waals surface area contributed by atoms with Crippen LogP contribution in [0.15, 0.2) is 85.5 Å². The first-order chi connectivity index (χ1) is 13.7. The maximum atomic E-state index is 12.3. The van der Waals surface area contributed by atoms with Gasteiger partial charge in [-0.15, -0.1) is 0 Å². The fourth-order valence-corrected chi connectivity index (χ4v) is 2.87. The van der Waals surface area contributed by atoms with Gasteiger partial charge in [0, 0.05) is 23.6 Å². The van der Waals surface area contributed by atoms with E-state index >= 15 is 0 Å². The van der Waals surface area contributed by atoms with Gasteiger partial charge >= 0.3 is 0 Å². The van der Waals surface area contributed by atoms with Gasteiger partial charge in [-0.25, -0.2) is 9.97 Å². The number of carbonyl (C=O) groups excluding carboxylic acids is 1. The van der Waals surface area contributed by atoms with Gasteiger partial charge in [-0.05, 0) is 42.0 Å². The molecule has 0 unspecified atom stereocenters. The molecule has 2 aromatic carbocycles. The monoisotopic (exact) mass is 370 g/mol. The number of rotatable bonds is 5. The maximum absolute atomic E-state index is 12.3. The Labute approximate surface area is 162 Å². The van der Waals surface area contributed by atoms with Crippen molar-refractivity contribution in [2.24, 2.45) is 0 Å². The highest BCUT2D eigenvalue weighted by Crippen LogP contribution is 2.20. The standard InChI is InChI=1S/C22H18N4O2/c27-20-5-3-4-17(13-20)22-23-14-18(15-24-22)25-21(28)12-16-6-8-19(9-7-16)26-10-1-2-11-26/h1-11,13-15,27H,12H2,(H,25,28). The van der Waals surface area contributed by atoms with Crippen LogP contribution in [0.4, 0.5) is 5.69 Å². The summed E-state index contributed by atoms with van der Waals surface area (Å²) < 4.78 is 2.01. The molecule has 0 aliphatic rings. The van der Waals surface area contributed by atoms with Crippen LogP contribution in [0.3, 0.4) is 0 Å². The van der Waals surface area contributed by atoms with E-state index in [-0.39, 0.29) is 18.1 Å². The van der Waals surface area contributed by atoms with Crippen molar-refractivity contribution in [1.29, 1.82) is 0 Å². The van der Waals surface area contributed by atoms with Crippen LogP contribution >= 0.6 is 0 Å². The van der Waals surface area contributed by atoms with E-state index < -0.39 is 0 Å². The Hall–Kier alpha value is -3.93. The molecular formula is C22H18N4O2. The van der Waals surface area contributed by atoms with Crippen LogP contribution in [-0.4, -0.2) is 25.5 Å². The minimum atomic E-state index is -0.137. The SMILES string of the molecule is O=C(Cc1ccc(-n2cccc2)cc1)Nc1cnc(-c2cccc(O)c2)nc1. The van der Waals surface area contributed by atoms with Crippen LogP contribution in [0.2, 0.25) is 0 Å². The molecule has 0 aliphatic carbocycles. The molecular weight excluding hydrogens is 352 g/mol. The number of nitrogens with zero attached hydrogens (tertiary/aromatic N) is 3. The zero-order valence-corrected chi connectivity index (χ0v) is 15.0. The number of phenolic OH excluding ortho intramolecular Hbond substituents is 1. The highest BCUT2D eigenvalue weighted by atomic mass is 16.3. The number of benzene rings is 2. The number of aromatic nitrogens is 3. The molecule has 2 N–H and O–H groups in total. The summed E-state index contributed by atoms with van der Waals surface area (Å²) in [5.41, 5.74) is 3.20. The van der Waals surface area contributed by atoms with Crippen molar-refractivity contribution in [1.82, 2.24) is 14.5 Å².